The zero-order chi connectivity index (χ0) is 10.5. The third kappa shape index (κ3) is 2.55. The normalized spacial score (nSPS) is 19.8. The molecule has 0 radical (unpaired) electrons. The standard InChI is InChI=1S/C11H13NO3/c13-6-7-14-10-8-15-11(12-10)9-4-2-1-3-5-9/h1-5,10,13H,6-8H2. The second kappa shape index (κ2) is 4.91. The number of hydrogen-bond acceptors (Lipinski definition) is 4. The molecule has 0 aromatic heterocycles. The van der Waals surface area contributed by atoms with Gasteiger partial charge in [-0.2, -0.15) is 0 Å². The van der Waals surface area contributed by atoms with Crippen molar-refractivity contribution in [3.05, 3.63) is 35.9 Å². The van der Waals surface area contributed by atoms with Gasteiger partial charge in [0.2, 0.25) is 5.90 Å². The lowest BCUT2D eigenvalue weighted by molar-refractivity contribution is 0.0201. The summed E-state index contributed by atoms with van der Waals surface area (Å²) >= 11 is 0. The van der Waals surface area contributed by atoms with Gasteiger partial charge < -0.3 is 14.6 Å². The van der Waals surface area contributed by atoms with E-state index < -0.39 is 0 Å². The smallest absolute Gasteiger partial charge is 0.218 e. The maximum Gasteiger partial charge on any atom is 0.218 e. The maximum atomic E-state index is 8.60. The number of ether oxygens (including phenoxy) is 2. The van der Waals surface area contributed by atoms with Crippen LogP contribution in [0.5, 0.6) is 0 Å². The molecule has 80 valence electrons. The average Bonchev–Trinajstić information content (AvgIpc) is 2.76. The van der Waals surface area contributed by atoms with Crippen LogP contribution in [0.25, 0.3) is 0 Å². The van der Waals surface area contributed by atoms with Gasteiger partial charge in [-0.25, -0.2) is 4.99 Å². The van der Waals surface area contributed by atoms with Crippen molar-refractivity contribution in [1.29, 1.82) is 0 Å². The Kier molecular flexibility index (Phi) is 3.32. The zero-order valence-corrected chi connectivity index (χ0v) is 8.30. The molecule has 1 atom stereocenters. The Labute approximate surface area is 88.2 Å². The highest BCUT2D eigenvalue weighted by Gasteiger charge is 2.19. The number of aliphatic imine (C=N–C) groups is 1. The number of hydrogen-bond donors (Lipinski definition) is 1. The van der Waals surface area contributed by atoms with Crippen LogP contribution >= 0.6 is 0 Å². The van der Waals surface area contributed by atoms with Crippen LogP contribution < -0.4 is 0 Å². The Morgan fingerprint density at radius 1 is 1.40 bits per heavy atom. The average molecular weight is 207 g/mol. The maximum absolute atomic E-state index is 8.60. The minimum Gasteiger partial charge on any atom is -0.473 e. The fourth-order valence-corrected chi connectivity index (χ4v) is 1.37. The molecule has 4 nitrogen and oxygen atoms in total. The molecule has 4 heteroatoms. The quantitative estimate of drug-likeness (QED) is 0.794. The molecule has 1 aromatic rings. The number of aliphatic hydroxyl groups is 1. The van der Waals surface area contributed by atoms with Crippen molar-refractivity contribution >= 4 is 5.90 Å². The molecule has 1 unspecified atom stereocenters. The van der Waals surface area contributed by atoms with Crippen LogP contribution in [0.1, 0.15) is 5.56 Å². The summed E-state index contributed by atoms with van der Waals surface area (Å²) < 4.78 is 10.6. The van der Waals surface area contributed by atoms with E-state index in [1.165, 1.54) is 0 Å². The number of rotatable bonds is 4. The topological polar surface area (TPSA) is 51.0 Å². The Hall–Kier alpha value is -1.39. The Bertz CT molecular complexity index is 337. The molecule has 0 bridgehead atoms. The van der Waals surface area contributed by atoms with Gasteiger partial charge in [-0.3, -0.25) is 0 Å². The summed E-state index contributed by atoms with van der Waals surface area (Å²) in [6, 6.07) is 9.69. The SMILES string of the molecule is OCCOC1COC(c2ccccc2)=N1. The van der Waals surface area contributed by atoms with Crippen LogP contribution in [0.15, 0.2) is 35.3 Å². The van der Waals surface area contributed by atoms with Crippen LogP contribution in [-0.4, -0.2) is 37.1 Å². The van der Waals surface area contributed by atoms with Crippen molar-refractivity contribution in [3.8, 4) is 0 Å². The number of aliphatic hydroxyl groups excluding tert-OH is 1. The van der Waals surface area contributed by atoms with E-state index in [0.29, 0.717) is 19.1 Å². The van der Waals surface area contributed by atoms with Crippen LogP contribution in [0.3, 0.4) is 0 Å². The summed E-state index contributed by atoms with van der Waals surface area (Å²) in [5, 5.41) is 8.60. The molecular weight excluding hydrogens is 194 g/mol. The number of nitrogens with zero attached hydrogens (tertiary/aromatic N) is 1. The van der Waals surface area contributed by atoms with E-state index >= 15 is 0 Å². The molecular formula is C11H13NO3. The summed E-state index contributed by atoms with van der Waals surface area (Å²) in [7, 11) is 0. The largest absolute Gasteiger partial charge is 0.473 e. The van der Waals surface area contributed by atoms with Gasteiger partial charge in [-0.15, -0.1) is 0 Å². The third-order valence-electron chi connectivity index (χ3n) is 2.05. The molecule has 15 heavy (non-hydrogen) atoms. The van der Waals surface area contributed by atoms with E-state index in [0.717, 1.165) is 5.56 Å². The lowest BCUT2D eigenvalue weighted by Gasteiger charge is -2.03. The van der Waals surface area contributed by atoms with Gasteiger partial charge in [0.25, 0.3) is 0 Å². The van der Waals surface area contributed by atoms with Crippen LogP contribution in [0.4, 0.5) is 0 Å². The van der Waals surface area contributed by atoms with Crippen molar-refractivity contribution in [3.63, 3.8) is 0 Å². The molecule has 1 N–H and O–H groups in total. The Balaban J connectivity index is 2.00. The van der Waals surface area contributed by atoms with Gasteiger partial charge in [0.05, 0.1) is 13.2 Å². The van der Waals surface area contributed by atoms with E-state index in [9.17, 15) is 0 Å². The van der Waals surface area contributed by atoms with E-state index in [4.69, 9.17) is 14.6 Å². The lowest BCUT2D eigenvalue weighted by Crippen LogP contribution is -2.13. The van der Waals surface area contributed by atoms with Gasteiger partial charge >= 0.3 is 0 Å². The van der Waals surface area contributed by atoms with Gasteiger partial charge in [0.1, 0.15) is 6.61 Å². The van der Waals surface area contributed by atoms with E-state index in [-0.39, 0.29) is 12.8 Å². The molecule has 2 rings (SSSR count). The van der Waals surface area contributed by atoms with E-state index in [2.05, 4.69) is 4.99 Å². The second-order valence-electron chi connectivity index (χ2n) is 3.16. The summed E-state index contributed by atoms with van der Waals surface area (Å²) in [5.41, 5.74) is 0.951. The van der Waals surface area contributed by atoms with Crippen LogP contribution in [0, 0.1) is 0 Å². The minimum atomic E-state index is -0.285. The first-order valence-electron chi connectivity index (χ1n) is 4.88. The highest BCUT2D eigenvalue weighted by molar-refractivity contribution is 5.94. The molecule has 0 saturated carbocycles. The molecule has 0 amide bonds. The molecule has 1 aromatic carbocycles. The highest BCUT2D eigenvalue weighted by Crippen LogP contribution is 2.12. The van der Waals surface area contributed by atoms with Gasteiger partial charge in [-0.05, 0) is 12.1 Å². The first-order valence-corrected chi connectivity index (χ1v) is 4.88. The Morgan fingerprint density at radius 2 is 2.20 bits per heavy atom. The monoisotopic (exact) mass is 207 g/mol. The van der Waals surface area contributed by atoms with E-state index in [1.807, 2.05) is 30.3 Å². The third-order valence-corrected chi connectivity index (χ3v) is 2.05. The minimum absolute atomic E-state index is 0.00664. The summed E-state index contributed by atoms with van der Waals surface area (Å²) in [6.07, 6.45) is -0.285. The van der Waals surface area contributed by atoms with Crippen LogP contribution in [-0.2, 0) is 9.47 Å². The predicted octanol–water partition coefficient (Wildman–Crippen LogP) is 0.798. The fourth-order valence-electron chi connectivity index (χ4n) is 1.37. The first-order chi connectivity index (χ1) is 7.40. The zero-order valence-electron chi connectivity index (χ0n) is 8.30. The van der Waals surface area contributed by atoms with Crippen molar-refractivity contribution in [2.45, 2.75) is 6.23 Å². The van der Waals surface area contributed by atoms with Crippen LogP contribution in [0.2, 0.25) is 0 Å². The lowest BCUT2D eigenvalue weighted by atomic mass is 10.2. The molecule has 0 saturated heterocycles. The van der Waals surface area contributed by atoms with Crippen molar-refractivity contribution in [1.82, 2.24) is 0 Å². The summed E-state index contributed by atoms with van der Waals surface area (Å²) in [4.78, 5) is 4.26. The molecule has 0 fully saturated rings. The van der Waals surface area contributed by atoms with Crippen molar-refractivity contribution in [2.75, 3.05) is 19.8 Å². The number of benzene rings is 1. The molecule has 1 aliphatic heterocycles. The van der Waals surface area contributed by atoms with Crippen molar-refractivity contribution < 1.29 is 14.6 Å². The van der Waals surface area contributed by atoms with Gasteiger partial charge in [0.15, 0.2) is 6.23 Å². The first kappa shape index (κ1) is 10.1. The molecule has 0 spiro atoms. The molecule has 1 heterocycles. The van der Waals surface area contributed by atoms with E-state index in [1.54, 1.807) is 0 Å². The molecule has 0 aliphatic carbocycles. The fraction of sp³-hybridized carbons (Fsp3) is 0.364. The Morgan fingerprint density at radius 3 is 2.93 bits per heavy atom. The van der Waals surface area contributed by atoms with Gasteiger partial charge in [0, 0.05) is 5.56 Å². The summed E-state index contributed by atoms with van der Waals surface area (Å²) in [6.45, 7) is 0.719. The van der Waals surface area contributed by atoms with Gasteiger partial charge in [-0.1, -0.05) is 18.2 Å². The molecule has 1 aliphatic rings. The van der Waals surface area contributed by atoms with Crippen molar-refractivity contribution in [2.24, 2.45) is 4.99 Å². The highest BCUT2D eigenvalue weighted by atomic mass is 16.6. The second-order valence-corrected chi connectivity index (χ2v) is 3.16. The summed E-state index contributed by atoms with van der Waals surface area (Å²) in [5.74, 6) is 0.610. The predicted molar refractivity (Wildman–Crippen MR) is 55.8 cm³/mol.